The summed E-state index contributed by atoms with van der Waals surface area (Å²) in [5.41, 5.74) is 1.45. The molecule has 1 aliphatic rings. The van der Waals surface area contributed by atoms with Gasteiger partial charge in [0.1, 0.15) is 5.66 Å². The van der Waals surface area contributed by atoms with Gasteiger partial charge in [0.05, 0.1) is 23.7 Å². The van der Waals surface area contributed by atoms with Crippen molar-refractivity contribution in [3.63, 3.8) is 0 Å². The zero-order valence-electron chi connectivity index (χ0n) is 10.9. The summed E-state index contributed by atoms with van der Waals surface area (Å²) in [5, 5.41) is 7.30. The molecule has 2 N–H and O–H groups in total. The number of anilines is 1. The van der Waals surface area contributed by atoms with Crippen molar-refractivity contribution in [2.45, 2.75) is 19.5 Å². The van der Waals surface area contributed by atoms with E-state index in [1.165, 1.54) is 0 Å². The lowest BCUT2D eigenvalue weighted by atomic mass is 10.2. The Morgan fingerprint density at radius 1 is 1.21 bits per heavy atom. The third-order valence-corrected chi connectivity index (χ3v) is 2.82. The number of rotatable bonds is 1. The van der Waals surface area contributed by atoms with Crippen LogP contribution in [0.3, 0.4) is 0 Å². The Morgan fingerprint density at radius 3 is 2.89 bits per heavy atom. The van der Waals surface area contributed by atoms with Crippen LogP contribution in [0, 0.1) is 0 Å². The van der Waals surface area contributed by atoms with Crippen molar-refractivity contribution in [2.24, 2.45) is 9.98 Å². The molecule has 1 aromatic carbocycles. The van der Waals surface area contributed by atoms with Gasteiger partial charge in [-0.15, -0.1) is 0 Å². The van der Waals surface area contributed by atoms with Gasteiger partial charge in [-0.25, -0.2) is 9.98 Å². The Kier molecular flexibility index (Phi) is 2.67. The van der Waals surface area contributed by atoms with E-state index in [1.807, 2.05) is 44.2 Å². The van der Waals surface area contributed by atoms with Crippen LogP contribution in [0.1, 0.15) is 13.8 Å². The molecule has 2 aromatic rings. The van der Waals surface area contributed by atoms with Gasteiger partial charge in [-0.2, -0.15) is 0 Å². The molecule has 0 saturated carbocycles. The molecule has 0 bridgehead atoms. The number of benzene rings is 1. The monoisotopic (exact) mass is 253 g/mol. The van der Waals surface area contributed by atoms with E-state index in [0.717, 1.165) is 16.6 Å². The predicted molar refractivity (Wildman–Crippen MR) is 78.5 cm³/mol. The van der Waals surface area contributed by atoms with Crippen LogP contribution in [0.15, 0.2) is 46.5 Å². The lowest BCUT2D eigenvalue weighted by molar-refractivity contribution is 0.546. The molecule has 19 heavy (non-hydrogen) atoms. The Bertz CT molecular complexity index is 672. The summed E-state index contributed by atoms with van der Waals surface area (Å²) >= 11 is 0. The van der Waals surface area contributed by atoms with Crippen molar-refractivity contribution in [3.05, 3.63) is 36.5 Å². The van der Waals surface area contributed by atoms with Crippen LogP contribution in [0.5, 0.6) is 0 Å². The molecular formula is C14H15N5. The topological polar surface area (TPSA) is 61.7 Å². The molecule has 0 aliphatic carbocycles. The number of pyridine rings is 1. The number of fused-ring (bicyclic) bond motifs is 1. The molecule has 3 rings (SSSR count). The molecule has 1 aromatic heterocycles. The molecular weight excluding hydrogens is 238 g/mol. The van der Waals surface area contributed by atoms with E-state index in [2.05, 4.69) is 25.6 Å². The lowest BCUT2D eigenvalue weighted by Crippen LogP contribution is -2.37. The molecule has 1 aliphatic heterocycles. The van der Waals surface area contributed by atoms with Crippen molar-refractivity contribution in [2.75, 3.05) is 5.32 Å². The van der Waals surface area contributed by atoms with Gasteiger partial charge in [-0.3, -0.25) is 4.98 Å². The quantitative estimate of drug-likeness (QED) is 0.820. The molecule has 0 spiro atoms. The average Bonchev–Trinajstić information content (AvgIpc) is 2.37. The summed E-state index contributed by atoms with van der Waals surface area (Å²) in [5.74, 6) is 0.678. The Morgan fingerprint density at radius 2 is 2.05 bits per heavy atom. The summed E-state index contributed by atoms with van der Waals surface area (Å²) < 4.78 is 0. The second kappa shape index (κ2) is 4.35. The van der Waals surface area contributed by atoms with Gasteiger partial charge in [0.2, 0.25) is 5.96 Å². The highest BCUT2D eigenvalue weighted by molar-refractivity contribution is 6.02. The maximum absolute atomic E-state index is 4.46. The number of nitrogens with zero attached hydrogens (tertiary/aromatic N) is 3. The molecule has 5 heteroatoms. The van der Waals surface area contributed by atoms with Crippen molar-refractivity contribution in [3.8, 4) is 0 Å². The first-order chi connectivity index (χ1) is 9.12. The Hall–Kier alpha value is -2.43. The molecule has 0 saturated heterocycles. The van der Waals surface area contributed by atoms with E-state index < -0.39 is 5.66 Å². The van der Waals surface area contributed by atoms with E-state index in [0.29, 0.717) is 5.96 Å². The minimum absolute atomic E-state index is 0.433. The van der Waals surface area contributed by atoms with Gasteiger partial charge in [0.15, 0.2) is 0 Å². The number of nitrogens with one attached hydrogen (secondary N) is 2. The van der Waals surface area contributed by atoms with E-state index >= 15 is 0 Å². The van der Waals surface area contributed by atoms with Gasteiger partial charge in [0, 0.05) is 5.39 Å². The van der Waals surface area contributed by atoms with E-state index in [9.17, 15) is 0 Å². The Labute approximate surface area is 111 Å². The first-order valence-electron chi connectivity index (χ1n) is 6.14. The van der Waals surface area contributed by atoms with E-state index in [4.69, 9.17) is 0 Å². The van der Waals surface area contributed by atoms with Gasteiger partial charge < -0.3 is 10.6 Å². The fourth-order valence-corrected chi connectivity index (χ4v) is 1.93. The van der Waals surface area contributed by atoms with Gasteiger partial charge >= 0.3 is 0 Å². The maximum atomic E-state index is 4.46. The van der Waals surface area contributed by atoms with E-state index in [-0.39, 0.29) is 0 Å². The summed E-state index contributed by atoms with van der Waals surface area (Å²) in [6, 6.07) is 10.1. The largest absolute Gasteiger partial charge is 0.325 e. The normalized spacial score (nSPS) is 16.8. The van der Waals surface area contributed by atoms with Gasteiger partial charge in [-0.05, 0) is 26.0 Å². The predicted octanol–water partition coefficient (Wildman–Crippen LogP) is 2.37. The molecule has 2 heterocycles. The van der Waals surface area contributed by atoms with Crippen LogP contribution in [0.4, 0.5) is 5.69 Å². The van der Waals surface area contributed by atoms with Crippen LogP contribution in [-0.2, 0) is 0 Å². The highest BCUT2D eigenvalue weighted by Crippen LogP contribution is 2.17. The highest BCUT2D eigenvalue weighted by atomic mass is 15.3. The lowest BCUT2D eigenvalue weighted by Gasteiger charge is -2.21. The highest BCUT2D eigenvalue weighted by Gasteiger charge is 2.18. The second-order valence-corrected chi connectivity index (χ2v) is 4.90. The first kappa shape index (κ1) is 11.6. The summed E-state index contributed by atoms with van der Waals surface area (Å²) in [7, 11) is 0. The number of hydrogen-bond donors (Lipinski definition) is 2. The molecule has 96 valence electrons. The number of aromatic nitrogens is 1. The zero-order chi connectivity index (χ0) is 13.3. The van der Waals surface area contributed by atoms with Gasteiger partial charge in [-0.1, -0.05) is 18.2 Å². The number of para-hydroxylation sites is 1. The van der Waals surface area contributed by atoms with Crippen LogP contribution < -0.4 is 10.6 Å². The smallest absolute Gasteiger partial charge is 0.203 e. The standard InChI is InChI=1S/C14H15N5/c1-14(2)17-9-16-13(19-14)18-11-7-10-5-3-4-6-12(10)15-8-11/h3-9H,1-2H3,(H2,16,17,18,19). The number of guanidine groups is 1. The van der Waals surface area contributed by atoms with Crippen LogP contribution >= 0.6 is 0 Å². The minimum Gasteiger partial charge on any atom is -0.325 e. The molecule has 0 atom stereocenters. The third kappa shape index (κ3) is 2.54. The van der Waals surface area contributed by atoms with Crippen molar-refractivity contribution >= 4 is 28.9 Å². The first-order valence-corrected chi connectivity index (χ1v) is 6.14. The van der Waals surface area contributed by atoms with E-state index in [1.54, 1.807) is 12.5 Å². The van der Waals surface area contributed by atoms with Crippen molar-refractivity contribution < 1.29 is 0 Å². The summed E-state index contributed by atoms with van der Waals surface area (Å²) in [4.78, 5) is 13.1. The number of hydrogen-bond acceptors (Lipinski definition) is 5. The van der Waals surface area contributed by atoms with Crippen LogP contribution in [-0.4, -0.2) is 22.9 Å². The fourth-order valence-electron chi connectivity index (χ4n) is 1.93. The SMILES string of the molecule is CC1(C)N=CNC(Nc2cnc3ccccc3c2)=N1. The van der Waals surface area contributed by atoms with Crippen LogP contribution in [0.2, 0.25) is 0 Å². The zero-order valence-corrected chi connectivity index (χ0v) is 10.9. The summed E-state index contributed by atoms with van der Waals surface area (Å²) in [6.07, 6.45) is 3.45. The molecule has 0 fully saturated rings. The molecule has 5 nitrogen and oxygen atoms in total. The molecule has 0 unspecified atom stereocenters. The summed E-state index contributed by atoms with van der Waals surface area (Å²) in [6.45, 7) is 3.90. The Balaban J connectivity index is 1.88. The van der Waals surface area contributed by atoms with Crippen LogP contribution in [0.25, 0.3) is 10.9 Å². The third-order valence-electron chi connectivity index (χ3n) is 2.82. The fraction of sp³-hybridized carbons (Fsp3) is 0.214. The van der Waals surface area contributed by atoms with Gasteiger partial charge in [0.25, 0.3) is 0 Å². The number of aliphatic imine (C=N–C) groups is 2. The van der Waals surface area contributed by atoms with Crippen molar-refractivity contribution in [1.29, 1.82) is 0 Å². The minimum atomic E-state index is -0.433. The average molecular weight is 253 g/mol. The van der Waals surface area contributed by atoms with Crippen molar-refractivity contribution in [1.82, 2.24) is 10.3 Å². The molecule has 0 amide bonds. The molecule has 0 radical (unpaired) electrons. The maximum Gasteiger partial charge on any atom is 0.203 e. The second-order valence-electron chi connectivity index (χ2n) is 4.90.